The summed E-state index contributed by atoms with van der Waals surface area (Å²) in [5.74, 6) is 0.350. The summed E-state index contributed by atoms with van der Waals surface area (Å²) in [5.41, 5.74) is 0.941. The minimum absolute atomic E-state index is 0.200. The predicted molar refractivity (Wildman–Crippen MR) is 82.3 cm³/mol. The molecule has 3 atom stereocenters. The highest BCUT2D eigenvalue weighted by molar-refractivity contribution is 6.30. The molecule has 0 aliphatic carbocycles. The van der Waals surface area contributed by atoms with Crippen LogP contribution in [-0.2, 0) is 0 Å². The van der Waals surface area contributed by atoms with E-state index in [1.807, 2.05) is 6.07 Å². The summed E-state index contributed by atoms with van der Waals surface area (Å²) < 4.78 is 0. The summed E-state index contributed by atoms with van der Waals surface area (Å²) in [6, 6.07) is 6.74. The van der Waals surface area contributed by atoms with E-state index in [1.54, 1.807) is 12.1 Å². The van der Waals surface area contributed by atoms with E-state index in [9.17, 15) is 5.11 Å². The number of hydrogen-bond acceptors (Lipinski definition) is 3. The largest absolute Gasteiger partial charge is 0.508 e. The fraction of sp³-hybridized carbons (Fsp3) is 0.625. The minimum atomic E-state index is 0.200. The van der Waals surface area contributed by atoms with Crippen LogP contribution in [0.3, 0.4) is 0 Å². The summed E-state index contributed by atoms with van der Waals surface area (Å²) in [7, 11) is 0. The molecule has 3 nitrogen and oxygen atoms in total. The van der Waals surface area contributed by atoms with Crippen molar-refractivity contribution in [2.45, 2.75) is 44.8 Å². The molecule has 110 valence electrons. The number of aromatic hydroxyl groups is 1. The lowest BCUT2D eigenvalue weighted by Crippen LogP contribution is -2.55. The van der Waals surface area contributed by atoms with Gasteiger partial charge in [-0.25, -0.2) is 0 Å². The first-order valence-electron chi connectivity index (χ1n) is 7.54. The molecule has 2 heterocycles. The Labute approximate surface area is 126 Å². The minimum Gasteiger partial charge on any atom is -0.508 e. The second-order valence-electron chi connectivity index (χ2n) is 6.22. The van der Waals surface area contributed by atoms with Crippen molar-refractivity contribution < 1.29 is 5.11 Å². The van der Waals surface area contributed by atoms with E-state index in [4.69, 9.17) is 11.6 Å². The molecular weight excluding hydrogens is 272 g/mol. The van der Waals surface area contributed by atoms with Crippen molar-refractivity contribution in [3.8, 4) is 5.75 Å². The summed E-state index contributed by atoms with van der Waals surface area (Å²) in [5, 5.41) is 10.8. The molecule has 1 aromatic carbocycles. The van der Waals surface area contributed by atoms with E-state index in [0.29, 0.717) is 22.9 Å². The monoisotopic (exact) mass is 294 g/mol. The molecule has 2 fully saturated rings. The average Bonchev–Trinajstić information content (AvgIpc) is 2.87. The zero-order chi connectivity index (χ0) is 14.3. The highest BCUT2D eigenvalue weighted by atomic mass is 35.5. The molecule has 2 aliphatic rings. The van der Waals surface area contributed by atoms with Crippen molar-refractivity contribution in [2.75, 3.05) is 19.6 Å². The van der Waals surface area contributed by atoms with Gasteiger partial charge in [-0.15, -0.1) is 0 Å². The number of fused-ring (bicyclic) bond motifs is 1. The third-order valence-corrected chi connectivity index (χ3v) is 5.16. The lowest BCUT2D eigenvalue weighted by Gasteiger charge is -2.45. The van der Waals surface area contributed by atoms with Gasteiger partial charge in [0, 0.05) is 41.8 Å². The van der Waals surface area contributed by atoms with Crippen LogP contribution in [0, 0.1) is 0 Å². The van der Waals surface area contributed by atoms with Crippen molar-refractivity contribution >= 4 is 11.6 Å². The van der Waals surface area contributed by atoms with Crippen LogP contribution >= 0.6 is 11.6 Å². The van der Waals surface area contributed by atoms with Gasteiger partial charge in [-0.1, -0.05) is 11.6 Å². The first kappa shape index (κ1) is 14.2. The summed E-state index contributed by atoms with van der Waals surface area (Å²) >= 11 is 6.09. The van der Waals surface area contributed by atoms with E-state index in [0.717, 1.165) is 18.7 Å². The summed E-state index contributed by atoms with van der Waals surface area (Å²) in [6.45, 7) is 7.93. The molecule has 0 saturated carbocycles. The van der Waals surface area contributed by atoms with Crippen LogP contribution in [0.1, 0.15) is 38.3 Å². The molecule has 0 bridgehead atoms. The van der Waals surface area contributed by atoms with E-state index in [-0.39, 0.29) is 6.04 Å². The average molecular weight is 295 g/mol. The fourth-order valence-electron chi connectivity index (χ4n) is 3.79. The third kappa shape index (κ3) is 2.54. The molecule has 1 N–H and O–H groups in total. The van der Waals surface area contributed by atoms with Gasteiger partial charge in [0.2, 0.25) is 0 Å². The van der Waals surface area contributed by atoms with Crippen LogP contribution in [-0.4, -0.2) is 46.6 Å². The third-order valence-electron chi connectivity index (χ3n) is 4.92. The maximum absolute atomic E-state index is 10.1. The van der Waals surface area contributed by atoms with Crippen molar-refractivity contribution in [1.82, 2.24) is 9.80 Å². The van der Waals surface area contributed by atoms with Crippen molar-refractivity contribution in [3.05, 3.63) is 28.8 Å². The second-order valence-corrected chi connectivity index (χ2v) is 6.65. The Morgan fingerprint density at radius 3 is 2.95 bits per heavy atom. The van der Waals surface area contributed by atoms with Crippen LogP contribution in [0.15, 0.2) is 18.2 Å². The van der Waals surface area contributed by atoms with Crippen LogP contribution < -0.4 is 0 Å². The smallest absolute Gasteiger partial charge is 0.120 e. The molecule has 0 aromatic heterocycles. The van der Waals surface area contributed by atoms with E-state index in [1.165, 1.54) is 19.4 Å². The number of phenolic OH excluding ortho intramolecular Hbond substituents is 1. The lowest BCUT2D eigenvalue weighted by atomic mass is 10.00. The Balaban J connectivity index is 1.82. The van der Waals surface area contributed by atoms with Crippen molar-refractivity contribution in [3.63, 3.8) is 0 Å². The number of piperazine rings is 1. The molecule has 4 heteroatoms. The molecule has 1 aromatic rings. The maximum Gasteiger partial charge on any atom is 0.120 e. The van der Waals surface area contributed by atoms with Gasteiger partial charge >= 0.3 is 0 Å². The number of phenols is 1. The fourth-order valence-corrected chi connectivity index (χ4v) is 3.97. The van der Waals surface area contributed by atoms with Gasteiger partial charge in [0.05, 0.1) is 0 Å². The number of benzene rings is 1. The molecule has 0 amide bonds. The summed E-state index contributed by atoms with van der Waals surface area (Å²) in [4.78, 5) is 5.13. The zero-order valence-corrected chi connectivity index (χ0v) is 13.0. The van der Waals surface area contributed by atoms with Gasteiger partial charge in [-0.05, 0) is 51.4 Å². The second kappa shape index (κ2) is 5.55. The van der Waals surface area contributed by atoms with Gasteiger partial charge in [-0.3, -0.25) is 9.80 Å². The van der Waals surface area contributed by atoms with Crippen LogP contribution in [0.4, 0.5) is 0 Å². The first-order chi connectivity index (χ1) is 9.56. The van der Waals surface area contributed by atoms with E-state index >= 15 is 0 Å². The first-order valence-corrected chi connectivity index (χ1v) is 7.92. The molecule has 0 radical (unpaired) electrons. The SMILES string of the molecule is CC1CN2CCCC2CN1C(C)c1cc(Cl)ccc1O. The molecule has 20 heavy (non-hydrogen) atoms. The van der Waals surface area contributed by atoms with Gasteiger partial charge < -0.3 is 5.11 Å². The van der Waals surface area contributed by atoms with E-state index < -0.39 is 0 Å². The van der Waals surface area contributed by atoms with Gasteiger partial charge in [0.15, 0.2) is 0 Å². The Bertz CT molecular complexity index is 493. The predicted octanol–water partition coefficient (Wildman–Crippen LogP) is 3.28. The Kier molecular flexibility index (Phi) is 3.93. The Hall–Kier alpha value is -0.770. The number of halogens is 1. The normalized spacial score (nSPS) is 29.4. The molecule has 3 unspecified atom stereocenters. The Morgan fingerprint density at radius 2 is 2.15 bits per heavy atom. The lowest BCUT2D eigenvalue weighted by molar-refractivity contribution is 0.0319. The van der Waals surface area contributed by atoms with Crippen LogP contribution in [0.25, 0.3) is 0 Å². The summed E-state index contributed by atoms with van der Waals surface area (Å²) in [6.07, 6.45) is 2.62. The van der Waals surface area contributed by atoms with Gasteiger partial charge in [0.1, 0.15) is 5.75 Å². The quantitative estimate of drug-likeness (QED) is 0.907. The van der Waals surface area contributed by atoms with Crippen LogP contribution in [0.5, 0.6) is 5.75 Å². The topological polar surface area (TPSA) is 26.7 Å². The molecule has 0 spiro atoms. The standard InChI is InChI=1S/C16H23ClN2O/c1-11-9-18-7-3-4-14(18)10-19(11)12(2)15-8-13(17)5-6-16(15)20/h5-6,8,11-12,14,20H,3-4,7,9-10H2,1-2H3. The molecule has 2 saturated heterocycles. The number of hydrogen-bond donors (Lipinski definition) is 1. The molecule has 3 rings (SSSR count). The number of rotatable bonds is 2. The highest BCUT2D eigenvalue weighted by Gasteiger charge is 2.36. The molecular formula is C16H23ClN2O. The highest BCUT2D eigenvalue weighted by Crippen LogP contribution is 2.35. The van der Waals surface area contributed by atoms with Crippen molar-refractivity contribution in [1.29, 1.82) is 0 Å². The van der Waals surface area contributed by atoms with Crippen LogP contribution in [0.2, 0.25) is 5.02 Å². The van der Waals surface area contributed by atoms with Gasteiger partial charge in [-0.2, -0.15) is 0 Å². The Morgan fingerprint density at radius 1 is 1.35 bits per heavy atom. The van der Waals surface area contributed by atoms with Gasteiger partial charge in [0.25, 0.3) is 0 Å². The van der Waals surface area contributed by atoms with Crippen molar-refractivity contribution in [2.24, 2.45) is 0 Å². The maximum atomic E-state index is 10.1. The van der Waals surface area contributed by atoms with E-state index in [2.05, 4.69) is 23.6 Å². The number of nitrogens with zero attached hydrogens (tertiary/aromatic N) is 2. The zero-order valence-electron chi connectivity index (χ0n) is 12.2. The molecule has 2 aliphatic heterocycles.